The third kappa shape index (κ3) is 0.827. The number of hydrogen-bond acceptors (Lipinski definition) is 1. The van der Waals surface area contributed by atoms with E-state index < -0.39 is 0 Å². The highest BCUT2D eigenvalue weighted by Gasteiger charge is 1.98. The van der Waals surface area contributed by atoms with Gasteiger partial charge in [-0.05, 0) is 25.5 Å². The van der Waals surface area contributed by atoms with E-state index in [-0.39, 0.29) is 0 Å². The minimum Gasteiger partial charge on any atom is -0.304 e. The zero-order valence-electron chi connectivity index (χ0n) is 6.70. The summed E-state index contributed by atoms with van der Waals surface area (Å²) in [6.45, 7) is 4.10. The molecule has 2 aromatic rings. The molecular formula is C9H10N2. The molecule has 0 atom stereocenters. The molecule has 2 heterocycles. The summed E-state index contributed by atoms with van der Waals surface area (Å²) in [5.74, 6) is 1.05. The predicted octanol–water partition coefficient (Wildman–Crippen LogP) is 1.95. The second-order valence-corrected chi connectivity index (χ2v) is 2.75. The molecule has 0 amide bonds. The first kappa shape index (κ1) is 6.40. The molecule has 0 aliphatic heterocycles. The Morgan fingerprint density at radius 1 is 1.36 bits per heavy atom. The molecule has 0 spiro atoms. The van der Waals surface area contributed by atoms with Crippen LogP contribution in [0, 0.1) is 13.8 Å². The number of aryl methyl sites for hydroxylation is 2. The SMILES string of the molecule is Cc1cccn2c(C)ncc12. The molecule has 2 heteroatoms. The second kappa shape index (κ2) is 2.09. The van der Waals surface area contributed by atoms with Gasteiger partial charge in [0.05, 0.1) is 11.7 Å². The fourth-order valence-corrected chi connectivity index (χ4v) is 1.29. The summed E-state index contributed by atoms with van der Waals surface area (Å²) >= 11 is 0. The molecule has 0 aliphatic carbocycles. The maximum Gasteiger partial charge on any atom is 0.110 e. The molecule has 0 saturated heterocycles. The van der Waals surface area contributed by atoms with Crippen LogP contribution in [0.15, 0.2) is 24.5 Å². The van der Waals surface area contributed by atoms with Gasteiger partial charge in [-0.15, -0.1) is 0 Å². The maximum absolute atomic E-state index is 4.22. The molecular weight excluding hydrogens is 136 g/mol. The van der Waals surface area contributed by atoms with Crippen molar-refractivity contribution in [2.45, 2.75) is 13.8 Å². The lowest BCUT2D eigenvalue weighted by atomic mass is 10.3. The molecule has 0 aromatic carbocycles. The van der Waals surface area contributed by atoms with Crippen molar-refractivity contribution < 1.29 is 0 Å². The van der Waals surface area contributed by atoms with Gasteiger partial charge in [0.25, 0.3) is 0 Å². The van der Waals surface area contributed by atoms with E-state index in [0.29, 0.717) is 0 Å². The van der Waals surface area contributed by atoms with Gasteiger partial charge in [0, 0.05) is 6.20 Å². The molecule has 0 radical (unpaired) electrons. The number of pyridine rings is 1. The van der Waals surface area contributed by atoms with Crippen LogP contribution in [0.1, 0.15) is 11.4 Å². The molecule has 11 heavy (non-hydrogen) atoms. The van der Waals surface area contributed by atoms with Crippen LogP contribution >= 0.6 is 0 Å². The van der Waals surface area contributed by atoms with Crippen molar-refractivity contribution in [3.05, 3.63) is 35.9 Å². The van der Waals surface area contributed by atoms with Crippen molar-refractivity contribution in [1.29, 1.82) is 0 Å². The van der Waals surface area contributed by atoms with Crippen LogP contribution in [-0.4, -0.2) is 9.38 Å². The summed E-state index contributed by atoms with van der Waals surface area (Å²) in [6, 6.07) is 4.13. The van der Waals surface area contributed by atoms with Crippen LogP contribution in [0.4, 0.5) is 0 Å². The molecule has 2 rings (SSSR count). The molecule has 2 aromatic heterocycles. The van der Waals surface area contributed by atoms with Gasteiger partial charge in [0.2, 0.25) is 0 Å². The standard InChI is InChI=1S/C9H10N2/c1-7-4-3-5-11-8(2)10-6-9(7)11/h3-6H,1-2H3. The van der Waals surface area contributed by atoms with Crippen molar-refractivity contribution in [2.75, 3.05) is 0 Å². The summed E-state index contributed by atoms with van der Waals surface area (Å²) in [4.78, 5) is 4.22. The minimum absolute atomic E-state index is 1.05. The van der Waals surface area contributed by atoms with Crippen molar-refractivity contribution in [1.82, 2.24) is 9.38 Å². The smallest absolute Gasteiger partial charge is 0.110 e. The van der Waals surface area contributed by atoms with Crippen LogP contribution in [0.5, 0.6) is 0 Å². The Hall–Kier alpha value is -1.31. The van der Waals surface area contributed by atoms with Gasteiger partial charge >= 0.3 is 0 Å². The van der Waals surface area contributed by atoms with E-state index in [1.165, 1.54) is 11.1 Å². The van der Waals surface area contributed by atoms with Gasteiger partial charge in [0.1, 0.15) is 5.82 Å². The van der Waals surface area contributed by atoms with Crippen molar-refractivity contribution >= 4 is 5.52 Å². The van der Waals surface area contributed by atoms with Crippen LogP contribution in [0.3, 0.4) is 0 Å². The Labute approximate surface area is 65.5 Å². The molecule has 2 nitrogen and oxygen atoms in total. The van der Waals surface area contributed by atoms with Crippen LogP contribution in [-0.2, 0) is 0 Å². The number of imidazole rings is 1. The molecule has 0 saturated carbocycles. The predicted molar refractivity (Wildman–Crippen MR) is 44.7 cm³/mol. The first-order valence-electron chi connectivity index (χ1n) is 3.68. The van der Waals surface area contributed by atoms with Crippen molar-refractivity contribution in [3.8, 4) is 0 Å². The second-order valence-electron chi connectivity index (χ2n) is 2.75. The van der Waals surface area contributed by atoms with Gasteiger partial charge in [0.15, 0.2) is 0 Å². The fourth-order valence-electron chi connectivity index (χ4n) is 1.29. The zero-order valence-corrected chi connectivity index (χ0v) is 6.70. The number of rotatable bonds is 0. The van der Waals surface area contributed by atoms with Crippen LogP contribution in [0.25, 0.3) is 5.52 Å². The molecule has 56 valence electrons. The summed E-state index contributed by atoms with van der Waals surface area (Å²) in [6.07, 6.45) is 3.94. The first-order valence-corrected chi connectivity index (χ1v) is 3.68. The Bertz CT molecular complexity index is 387. The molecule has 0 N–H and O–H groups in total. The van der Waals surface area contributed by atoms with Gasteiger partial charge < -0.3 is 4.40 Å². The summed E-state index contributed by atoms with van der Waals surface area (Å²) in [5.41, 5.74) is 2.47. The lowest BCUT2D eigenvalue weighted by molar-refractivity contribution is 1.04. The van der Waals surface area contributed by atoms with Gasteiger partial charge in [-0.2, -0.15) is 0 Å². The Morgan fingerprint density at radius 3 is 2.91 bits per heavy atom. The van der Waals surface area contributed by atoms with Gasteiger partial charge in [-0.25, -0.2) is 4.98 Å². The van der Waals surface area contributed by atoms with E-state index in [1.54, 1.807) is 0 Å². The van der Waals surface area contributed by atoms with Crippen LogP contribution < -0.4 is 0 Å². The maximum atomic E-state index is 4.22. The lowest BCUT2D eigenvalue weighted by Gasteiger charge is -1.97. The van der Waals surface area contributed by atoms with E-state index in [4.69, 9.17) is 0 Å². The number of hydrogen-bond donors (Lipinski definition) is 0. The monoisotopic (exact) mass is 146 g/mol. The molecule has 0 aliphatic rings. The van der Waals surface area contributed by atoms with Gasteiger partial charge in [-0.3, -0.25) is 0 Å². The topological polar surface area (TPSA) is 17.3 Å². The Kier molecular flexibility index (Phi) is 1.22. The van der Waals surface area contributed by atoms with Crippen molar-refractivity contribution in [2.24, 2.45) is 0 Å². The number of aromatic nitrogens is 2. The fraction of sp³-hybridized carbons (Fsp3) is 0.222. The van der Waals surface area contributed by atoms with E-state index in [9.17, 15) is 0 Å². The average molecular weight is 146 g/mol. The highest BCUT2D eigenvalue weighted by Crippen LogP contribution is 2.10. The van der Waals surface area contributed by atoms with Gasteiger partial charge in [-0.1, -0.05) is 6.07 Å². The lowest BCUT2D eigenvalue weighted by Crippen LogP contribution is -1.87. The molecule has 0 fully saturated rings. The summed E-state index contributed by atoms with van der Waals surface area (Å²) < 4.78 is 2.09. The minimum atomic E-state index is 1.05. The van der Waals surface area contributed by atoms with E-state index in [1.807, 2.05) is 25.4 Å². The highest BCUT2D eigenvalue weighted by molar-refractivity contribution is 5.52. The first-order chi connectivity index (χ1) is 5.29. The largest absolute Gasteiger partial charge is 0.304 e. The zero-order chi connectivity index (χ0) is 7.84. The quantitative estimate of drug-likeness (QED) is 0.555. The number of fused-ring (bicyclic) bond motifs is 1. The average Bonchev–Trinajstić information content (AvgIpc) is 2.35. The highest BCUT2D eigenvalue weighted by atomic mass is 15.0. The number of nitrogens with zero attached hydrogens (tertiary/aromatic N) is 2. The normalized spacial score (nSPS) is 10.7. The van der Waals surface area contributed by atoms with Crippen molar-refractivity contribution in [3.63, 3.8) is 0 Å². The summed E-state index contributed by atoms with van der Waals surface area (Å²) in [5, 5.41) is 0. The van der Waals surface area contributed by atoms with E-state index in [2.05, 4.69) is 22.4 Å². The Balaban J connectivity index is 2.94. The third-order valence-corrected chi connectivity index (χ3v) is 1.97. The molecule has 0 bridgehead atoms. The van der Waals surface area contributed by atoms with E-state index in [0.717, 1.165) is 5.82 Å². The van der Waals surface area contributed by atoms with Crippen LogP contribution in [0.2, 0.25) is 0 Å². The third-order valence-electron chi connectivity index (χ3n) is 1.97. The Morgan fingerprint density at radius 2 is 2.18 bits per heavy atom. The summed E-state index contributed by atoms with van der Waals surface area (Å²) in [7, 11) is 0. The van der Waals surface area contributed by atoms with E-state index >= 15 is 0 Å². The molecule has 0 unspecified atom stereocenters.